The Morgan fingerprint density at radius 2 is 2.07 bits per heavy atom. The van der Waals surface area contributed by atoms with E-state index in [9.17, 15) is 13.2 Å². The third-order valence-corrected chi connectivity index (χ3v) is 7.61. The smallest absolute Gasteiger partial charge is 0.335 e. The second-order valence-electron chi connectivity index (χ2n) is 6.40. The predicted molar refractivity (Wildman–Crippen MR) is 104 cm³/mol. The molecule has 0 N–H and O–H groups in total. The third kappa shape index (κ3) is 4.56. The number of carbonyl (C=O) groups is 1. The molecule has 1 aliphatic carbocycles. The molecule has 148 valence electrons. The minimum Gasteiger partial charge on any atom is -0.463 e. The minimum absolute atomic E-state index is 0.0788. The first-order valence-electron chi connectivity index (χ1n) is 8.59. The van der Waals surface area contributed by atoms with E-state index in [1.54, 1.807) is 25.1 Å². The summed E-state index contributed by atoms with van der Waals surface area (Å²) in [6.45, 7) is 2.64. The summed E-state index contributed by atoms with van der Waals surface area (Å²) >= 11 is 9.27. The Kier molecular flexibility index (Phi) is 6.32. The zero-order chi connectivity index (χ0) is 19.7. The van der Waals surface area contributed by atoms with Crippen LogP contribution in [-0.2, 0) is 34.6 Å². The lowest BCUT2D eigenvalue weighted by atomic mass is 9.94. The van der Waals surface area contributed by atoms with Gasteiger partial charge in [0.1, 0.15) is 0 Å². The fourth-order valence-corrected chi connectivity index (χ4v) is 6.24. The lowest BCUT2D eigenvalue weighted by Crippen LogP contribution is -2.40. The van der Waals surface area contributed by atoms with E-state index in [4.69, 9.17) is 25.8 Å². The number of rotatable bonds is 5. The standard InChI is InChI=1S/C18H20BrClO6S/c1-2-24-17(21)14-10-18(25-7-8-26-18)6-5-16(14)27(22,23)11-12-3-4-13(20)9-15(12)19/h3-4,9-10,16H,2,5-8,11H2,1H3. The summed E-state index contributed by atoms with van der Waals surface area (Å²) in [7, 11) is -3.68. The van der Waals surface area contributed by atoms with Crippen LogP contribution in [0.25, 0.3) is 0 Å². The second-order valence-corrected chi connectivity index (χ2v) is 9.87. The molecule has 1 spiro atoms. The summed E-state index contributed by atoms with van der Waals surface area (Å²) in [4.78, 5) is 12.5. The Balaban J connectivity index is 1.93. The first-order chi connectivity index (χ1) is 12.8. The highest BCUT2D eigenvalue weighted by molar-refractivity contribution is 9.10. The molecule has 1 atom stereocenters. The molecule has 2 aliphatic rings. The third-order valence-electron chi connectivity index (χ3n) is 4.57. The number of ether oxygens (including phenoxy) is 3. The Morgan fingerprint density at radius 3 is 2.70 bits per heavy atom. The van der Waals surface area contributed by atoms with Gasteiger partial charge in [-0.15, -0.1) is 0 Å². The van der Waals surface area contributed by atoms with Crippen molar-refractivity contribution in [1.29, 1.82) is 0 Å². The maximum absolute atomic E-state index is 13.1. The van der Waals surface area contributed by atoms with E-state index in [0.29, 0.717) is 34.7 Å². The molecule has 1 heterocycles. The Bertz CT molecular complexity index is 861. The van der Waals surface area contributed by atoms with Crippen molar-refractivity contribution < 1.29 is 27.4 Å². The van der Waals surface area contributed by atoms with Gasteiger partial charge in [-0.3, -0.25) is 0 Å². The highest BCUT2D eigenvalue weighted by atomic mass is 79.9. The van der Waals surface area contributed by atoms with Crippen molar-refractivity contribution in [3.8, 4) is 0 Å². The van der Waals surface area contributed by atoms with Crippen molar-refractivity contribution >= 4 is 43.3 Å². The second kappa shape index (κ2) is 8.21. The molecule has 6 nitrogen and oxygen atoms in total. The van der Waals surface area contributed by atoms with E-state index >= 15 is 0 Å². The Labute approximate surface area is 171 Å². The normalized spacial score (nSPS) is 21.9. The van der Waals surface area contributed by atoms with Crippen LogP contribution in [0.2, 0.25) is 5.02 Å². The maximum Gasteiger partial charge on any atom is 0.335 e. The number of carbonyl (C=O) groups excluding carboxylic acids is 1. The zero-order valence-electron chi connectivity index (χ0n) is 14.7. The number of benzene rings is 1. The van der Waals surface area contributed by atoms with Crippen LogP contribution < -0.4 is 0 Å². The van der Waals surface area contributed by atoms with E-state index < -0.39 is 26.8 Å². The van der Waals surface area contributed by atoms with Crippen molar-refractivity contribution in [2.75, 3.05) is 19.8 Å². The summed E-state index contributed by atoms with van der Waals surface area (Å²) in [5.74, 6) is -1.91. The Hall–Kier alpha value is -0.930. The van der Waals surface area contributed by atoms with Gasteiger partial charge < -0.3 is 14.2 Å². The van der Waals surface area contributed by atoms with Gasteiger partial charge >= 0.3 is 5.97 Å². The van der Waals surface area contributed by atoms with Crippen LogP contribution >= 0.6 is 27.5 Å². The van der Waals surface area contributed by atoms with Gasteiger partial charge in [-0.2, -0.15) is 0 Å². The fraction of sp³-hybridized carbons (Fsp3) is 0.500. The van der Waals surface area contributed by atoms with Gasteiger partial charge in [0, 0.05) is 15.9 Å². The van der Waals surface area contributed by atoms with Crippen molar-refractivity contribution in [3.05, 3.63) is 44.9 Å². The van der Waals surface area contributed by atoms with E-state index in [-0.39, 0.29) is 24.4 Å². The molecule has 3 rings (SSSR count). The molecule has 1 aliphatic heterocycles. The van der Waals surface area contributed by atoms with Crippen LogP contribution in [0.1, 0.15) is 25.3 Å². The topological polar surface area (TPSA) is 78.9 Å². The molecular formula is C18H20BrClO6S. The molecule has 1 fully saturated rings. The van der Waals surface area contributed by atoms with Crippen molar-refractivity contribution in [1.82, 2.24) is 0 Å². The quantitative estimate of drug-likeness (QED) is 0.602. The van der Waals surface area contributed by atoms with Crippen molar-refractivity contribution in [3.63, 3.8) is 0 Å². The summed E-state index contributed by atoms with van der Waals surface area (Å²) < 4.78 is 43.2. The Morgan fingerprint density at radius 1 is 1.37 bits per heavy atom. The summed E-state index contributed by atoms with van der Waals surface area (Å²) in [6, 6.07) is 4.94. The number of halogens is 2. The average Bonchev–Trinajstić information content (AvgIpc) is 3.05. The van der Waals surface area contributed by atoms with Gasteiger partial charge in [0.05, 0.1) is 36.4 Å². The fourth-order valence-electron chi connectivity index (χ4n) is 3.32. The van der Waals surface area contributed by atoms with Crippen LogP contribution in [0.3, 0.4) is 0 Å². The van der Waals surface area contributed by atoms with Gasteiger partial charge in [-0.25, -0.2) is 13.2 Å². The summed E-state index contributed by atoms with van der Waals surface area (Å²) in [5, 5.41) is -0.470. The number of sulfone groups is 1. The molecule has 1 saturated heterocycles. The van der Waals surface area contributed by atoms with Crippen molar-refractivity contribution in [2.45, 2.75) is 36.6 Å². The molecule has 1 unspecified atom stereocenters. The van der Waals surface area contributed by atoms with Crippen LogP contribution in [0.5, 0.6) is 0 Å². The van der Waals surface area contributed by atoms with Gasteiger partial charge in [0.15, 0.2) is 15.6 Å². The first kappa shape index (κ1) is 20.8. The van der Waals surface area contributed by atoms with E-state index in [2.05, 4.69) is 15.9 Å². The van der Waals surface area contributed by atoms with Gasteiger partial charge in [0.25, 0.3) is 0 Å². The lowest BCUT2D eigenvalue weighted by Gasteiger charge is -2.33. The van der Waals surface area contributed by atoms with Crippen LogP contribution in [0, 0.1) is 0 Å². The highest BCUT2D eigenvalue weighted by Gasteiger charge is 2.46. The van der Waals surface area contributed by atoms with E-state index in [1.807, 2.05) is 0 Å². The van der Waals surface area contributed by atoms with Gasteiger partial charge in [-0.05, 0) is 37.1 Å². The lowest BCUT2D eigenvalue weighted by molar-refractivity contribution is -0.143. The number of hydrogen-bond donors (Lipinski definition) is 0. The van der Waals surface area contributed by atoms with Gasteiger partial charge in [0.2, 0.25) is 0 Å². The highest BCUT2D eigenvalue weighted by Crippen LogP contribution is 2.38. The largest absolute Gasteiger partial charge is 0.463 e. The van der Waals surface area contributed by atoms with E-state index in [1.165, 1.54) is 6.08 Å². The number of esters is 1. The van der Waals surface area contributed by atoms with Crippen LogP contribution in [0.4, 0.5) is 0 Å². The molecular weight excluding hydrogens is 460 g/mol. The molecule has 27 heavy (non-hydrogen) atoms. The molecule has 0 amide bonds. The molecule has 0 saturated carbocycles. The molecule has 9 heteroatoms. The molecule has 1 aromatic carbocycles. The zero-order valence-corrected chi connectivity index (χ0v) is 17.9. The van der Waals surface area contributed by atoms with Gasteiger partial charge in [-0.1, -0.05) is 33.6 Å². The molecule has 0 bridgehead atoms. The molecule has 1 aromatic rings. The van der Waals surface area contributed by atoms with Crippen molar-refractivity contribution in [2.24, 2.45) is 0 Å². The summed E-state index contributed by atoms with van der Waals surface area (Å²) in [6.07, 6.45) is 2.07. The number of hydrogen-bond acceptors (Lipinski definition) is 6. The maximum atomic E-state index is 13.1. The molecule has 0 aromatic heterocycles. The SMILES string of the molecule is CCOC(=O)C1=CC2(CCC1S(=O)(=O)Cc1ccc(Cl)cc1Br)OCCO2. The first-order valence-corrected chi connectivity index (χ1v) is 11.5. The average molecular weight is 480 g/mol. The van der Waals surface area contributed by atoms with Crippen LogP contribution in [-0.4, -0.2) is 45.2 Å². The molecule has 0 radical (unpaired) electrons. The summed E-state index contributed by atoms with van der Waals surface area (Å²) in [5.41, 5.74) is 0.659. The van der Waals surface area contributed by atoms with Crippen LogP contribution in [0.15, 0.2) is 34.3 Å². The van der Waals surface area contributed by atoms with E-state index in [0.717, 1.165) is 0 Å². The monoisotopic (exact) mass is 478 g/mol. The predicted octanol–water partition coefficient (Wildman–Crippen LogP) is 3.41. The minimum atomic E-state index is -3.68.